The minimum Gasteiger partial charge on any atom is -0.459 e. The lowest BCUT2D eigenvalue weighted by Gasteiger charge is -2.40. The Balaban J connectivity index is 1.70. The Labute approximate surface area is 161 Å². The molecule has 146 valence electrons. The average Bonchev–Trinajstić information content (AvgIpc) is 3.33. The van der Waals surface area contributed by atoms with Crippen LogP contribution in [-0.2, 0) is 9.53 Å². The van der Waals surface area contributed by atoms with Gasteiger partial charge in [-0.15, -0.1) is 11.3 Å². The highest BCUT2D eigenvalue weighted by atomic mass is 32.1. The number of hydrogen-bond donors (Lipinski definition) is 2. The molecule has 8 nitrogen and oxygen atoms in total. The zero-order chi connectivity index (χ0) is 19.3. The Bertz CT molecular complexity index is 766. The molecule has 3 heterocycles. The SMILES string of the molecule is COCCNC(=O)C1(Nc2nccs2)CCN(C(=O)c2occc2C)CC1. The number of carbonyl (C=O) groups excluding carboxylic acids is 2. The summed E-state index contributed by atoms with van der Waals surface area (Å²) in [7, 11) is 1.59. The molecule has 2 aromatic heterocycles. The third kappa shape index (κ3) is 4.30. The quantitative estimate of drug-likeness (QED) is 0.699. The van der Waals surface area contributed by atoms with Crippen molar-refractivity contribution in [1.82, 2.24) is 15.2 Å². The maximum atomic E-state index is 12.9. The summed E-state index contributed by atoms with van der Waals surface area (Å²) in [5, 5.41) is 8.77. The lowest BCUT2D eigenvalue weighted by Crippen LogP contribution is -2.59. The molecule has 0 bridgehead atoms. The monoisotopic (exact) mass is 392 g/mol. The first-order chi connectivity index (χ1) is 13.1. The van der Waals surface area contributed by atoms with Crippen LogP contribution in [0.3, 0.4) is 0 Å². The fourth-order valence-corrected chi connectivity index (χ4v) is 3.79. The fourth-order valence-electron chi connectivity index (χ4n) is 3.16. The largest absolute Gasteiger partial charge is 0.459 e. The highest BCUT2D eigenvalue weighted by Gasteiger charge is 2.43. The van der Waals surface area contributed by atoms with Gasteiger partial charge in [0.1, 0.15) is 5.54 Å². The number of likely N-dealkylation sites (tertiary alicyclic amines) is 1. The predicted molar refractivity (Wildman–Crippen MR) is 102 cm³/mol. The van der Waals surface area contributed by atoms with Crippen molar-refractivity contribution >= 4 is 28.3 Å². The van der Waals surface area contributed by atoms with E-state index in [1.165, 1.54) is 17.6 Å². The van der Waals surface area contributed by atoms with Gasteiger partial charge in [-0.3, -0.25) is 9.59 Å². The molecular weight excluding hydrogens is 368 g/mol. The number of rotatable bonds is 7. The maximum Gasteiger partial charge on any atom is 0.289 e. The number of nitrogens with one attached hydrogen (secondary N) is 2. The molecule has 0 aliphatic carbocycles. The highest BCUT2D eigenvalue weighted by Crippen LogP contribution is 2.29. The van der Waals surface area contributed by atoms with Crippen molar-refractivity contribution < 1.29 is 18.7 Å². The molecule has 0 radical (unpaired) electrons. The van der Waals surface area contributed by atoms with Crippen LogP contribution in [0.2, 0.25) is 0 Å². The summed E-state index contributed by atoms with van der Waals surface area (Å²) in [5.74, 6) is 0.121. The number of anilines is 1. The first-order valence-corrected chi connectivity index (χ1v) is 9.72. The topological polar surface area (TPSA) is 96.7 Å². The van der Waals surface area contributed by atoms with Crippen LogP contribution < -0.4 is 10.6 Å². The van der Waals surface area contributed by atoms with Crippen molar-refractivity contribution in [3.8, 4) is 0 Å². The Kier molecular flexibility index (Phi) is 6.12. The molecule has 27 heavy (non-hydrogen) atoms. The molecule has 1 saturated heterocycles. The van der Waals surface area contributed by atoms with Gasteiger partial charge in [-0.05, 0) is 25.8 Å². The molecule has 1 aliphatic rings. The second-order valence-electron chi connectivity index (χ2n) is 6.52. The maximum absolute atomic E-state index is 12.9. The normalized spacial score (nSPS) is 16.1. The van der Waals surface area contributed by atoms with Gasteiger partial charge in [-0.25, -0.2) is 4.98 Å². The summed E-state index contributed by atoms with van der Waals surface area (Å²) in [6.07, 6.45) is 4.18. The minimum atomic E-state index is -0.805. The van der Waals surface area contributed by atoms with E-state index in [1.807, 2.05) is 12.3 Å². The number of methoxy groups -OCH3 is 1. The third-order valence-corrected chi connectivity index (χ3v) is 5.45. The van der Waals surface area contributed by atoms with E-state index in [0.717, 1.165) is 5.56 Å². The van der Waals surface area contributed by atoms with Crippen LogP contribution in [0.1, 0.15) is 29.0 Å². The summed E-state index contributed by atoms with van der Waals surface area (Å²) < 4.78 is 10.3. The number of hydrogen-bond acceptors (Lipinski definition) is 7. The van der Waals surface area contributed by atoms with E-state index in [1.54, 1.807) is 24.3 Å². The molecule has 0 saturated carbocycles. The van der Waals surface area contributed by atoms with Gasteiger partial charge < -0.3 is 24.7 Å². The molecular formula is C18H24N4O4S. The Morgan fingerprint density at radius 2 is 2.19 bits per heavy atom. The Morgan fingerprint density at radius 1 is 1.41 bits per heavy atom. The molecule has 2 N–H and O–H groups in total. The molecule has 1 fully saturated rings. The Hall–Kier alpha value is -2.39. The number of furan rings is 1. The number of amides is 2. The highest BCUT2D eigenvalue weighted by molar-refractivity contribution is 7.13. The van der Waals surface area contributed by atoms with Gasteiger partial charge in [0.2, 0.25) is 5.91 Å². The van der Waals surface area contributed by atoms with Crippen LogP contribution in [0.15, 0.2) is 28.3 Å². The number of carbonyl (C=O) groups is 2. The summed E-state index contributed by atoms with van der Waals surface area (Å²) in [5.41, 5.74) is 0.00989. The van der Waals surface area contributed by atoms with Crippen molar-refractivity contribution in [2.24, 2.45) is 0 Å². The van der Waals surface area contributed by atoms with E-state index in [4.69, 9.17) is 9.15 Å². The summed E-state index contributed by atoms with van der Waals surface area (Å²) in [6.45, 7) is 3.63. The molecule has 0 atom stereocenters. The lowest BCUT2D eigenvalue weighted by atomic mass is 9.86. The van der Waals surface area contributed by atoms with Gasteiger partial charge >= 0.3 is 0 Å². The van der Waals surface area contributed by atoms with Gasteiger partial charge in [0.05, 0.1) is 12.9 Å². The van der Waals surface area contributed by atoms with E-state index in [2.05, 4.69) is 15.6 Å². The molecule has 3 rings (SSSR count). The van der Waals surface area contributed by atoms with E-state index in [9.17, 15) is 9.59 Å². The van der Waals surface area contributed by atoms with Gasteiger partial charge in [0.15, 0.2) is 10.9 Å². The van der Waals surface area contributed by atoms with Crippen molar-refractivity contribution in [2.75, 3.05) is 38.7 Å². The number of aryl methyl sites for hydroxylation is 1. The van der Waals surface area contributed by atoms with E-state index in [0.29, 0.717) is 50.0 Å². The second-order valence-corrected chi connectivity index (χ2v) is 7.41. The zero-order valence-corrected chi connectivity index (χ0v) is 16.3. The molecule has 1 aliphatic heterocycles. The smallest absolute Gasteiger partial charge is 0.289 e. The van der Waals surface area contributed by atoms with E-state index in [-0.39, 0.29) is 11.8 Å². The van der Waals surface area contributed by atoms with Gasteiger partial charge in [-0.1, -0.05) is 0 Å². The molecule has 9 heteroatoms. The van der Waals surface area contributed by atoms with Gasteiger partial charge in [0, 0.05) is 43.9 Å². The number of ether oxygens (including phenoxy) is 1. The number of thiazole rings is 1. The van der Waals surface area contributed by atoms with Crippen LogP contribution in [-0.4, -0.2) is 60.6 Å². The molecule has 0 unspecified atom stereocenters. The van der Waals surface area contributed by atoms with E-state index < -0.39 is 5.54 Å². The summed E-state index contributed by atoms with van der Waals surface area (Å²) in [6, 6.07) is 1.77. The summed E-state index contributed by atoms with van der Waals surface area (Å²) >= 11 is 1.45. The minimum absolute atomic E-state index is 0.101. The second kappa shape index (κ2) is 8.53. The van der Waals surface area contributed by atoms with Gasteiger partial charge in [-0.2, -0.15) is 0 Å². The van der Waals surface area contributed by atoms with Crippen LogP contribution in [0.4, 0.5) is 5.13 Å². The third-order valence-electron chi connectivity index (χ3n) is 4.77. The van der Waals surface area contributed by atoms with Crippen molar-refractivity contribution in [1.29, 1.82) is 0 Å². The molecule has 2 amide bonds. The number of aromatic nitrogens is 1. The Morgan fingerprint density at radius 3 is 2.78 bits per heavy atom. The van der Waals surface area contributed by atoms with Crippen molar-refractivity contribution in [2.45, 2.75) is 25.3 Å². The fraction of sp³-hybridized carbons (Fsp3) is 0.500. The predicted octanol–water partition coefficient (Wildman–Crippen LogP) is 1.89. The van der Waals surface area contributed by atoms with Crippen LogP contribution in [0.5, 0.6) is 0 Å². The average molecular weight is 392 g/mol. The van der Waals surface area contributed by atoms with Crippen LogP contribution in [0.25, 0.3) is 0 Å². The molecule has 0 spiro atoms. The zero-order valence-electron chi connectivity index (χ0n) is 15.5. The number of piperidine rings is 1. The van der Waals surface area contributed by atoms with Crippen molar-refractivity contribution in [3.63, 3.8) is 0 Å². The first kappa shape index (κ1) is 19.4. The standard InChI is InChI=1S/C18H24N4O4S/c1-13-3-10-26-14(13)15(23)22-8-4-18(5-9-22,16(24)19-6-11-25-2)21-17-20-7-12-27-17/h3,7,10,12H,4-6,8-9,11H2,1-2H3,(H,19,24)(H,20,21). The first-order valence-electron chi connectivity index (χ1n) is 8.84. The van der Waals surface area contributed by atoms with Crippen molar-refractivity contribution in [3.05, 3.63) is 35.2 Å². The van der Waals surface area contributed by atoms with Crippen LogP contribution in [0, 0.1) is 6.92 Å². The van der Waals surface area contributed by atoms with Gasteiger partial charge in [0.25, 0.3) is 5.91 Å². The van der Waals surface area contributed by atoms with Crippen LogP contribution >= 0.6 is 11.3 Å². The lowest BCUT2D eigenvalue weighted by molar-refractivity contribution is -0.127. The molecule has 0 aromatic carbocycles. The molecule has 2 aromatic rings. The summed E-state index contributed by atoms with van der Waals surface area (Å²) in [4.78, 5) is 31.6. The van der Waals surface area contributed by atoms with E-state index >= 15 is 0 Å². The number of nitrogens with zero attached hydrogens (tertiary/aromatic N) is 2.